The van der Waals surface area contributed by atoms with Crippen molar-refractivity contribution in [3.8, 4) is 0 Å². The lowest BCUT2D eigenvalue weighted by atomic mass is 10.1. The first-order chi connectivity index (χ1) is 7.86. The van der Waals surface area contributed by atoms with Crippen LogP contribution in [-0.2, 0) is 0 Å². The van der Waals surface area contributed by atoms with Crippen LogP contribution < -0.4 is 0 Å². The fourth-order valence-electron chi connectivity index (χ4n) is 3.22. The average molecular weight is 220 g/mol. The molecule has 0 radical (unpaired) electrons. The summed E-state index contributed by atoms with van der Waals surface area (Å²) < 4.78 is 0. The maximum absolute atomic E-state index is 2.44. The molecule has 2 rings (SSSR count). The Morgan fingerprint density at radius 3 is 2.44 bits per heavy atom. The van der Waals surface area contributed by atoms with E-state index in [4.69, 9.17) is 0 Å². The van der Waals surface area contributed by atoms with Gasteiger partial charge in [-0.05, 0) is 49.4 Å². The van der Waals surface area contributed by atoms with E-state index in [1.165, 1.54) is 38.5 Å². The van der Waals surface area contributed by atoms with E-state index in [-0.39, 0.29) is 0 Å². The van der Waals surface area contributed by atoms with E-state index in [2.05, 4.69) is 26.0 Å². The number of allylic oxidation sites excluding steroid dienone is 2. The van der Waals surface area contributed by atoms with E-state index in [1.807, 2.05) is 0 Å². The zero-order valence-electron chi connectivity index (χ0n) is 11.1. The molecule has 0 nitrogen and oxygen atoms in total. The zero-order chi connectivity index (χ0) is 11.4. The van der Waals surface area contributed by atoms with Crippen molar-refractivity contribution in [1.82, 2.24) is 0 Å². The van der Waals surface area contributed by atoms with Gasteiger partial charge < -0.3 is 0 Å². The topological polar surface area (TPSA) is 0 Å². The normalized spacial score (nSPS) is 36.9. The molecule has 16 heavy (non-hydrogen) atoms. The average Bonchev–Trinajstić information content (AvgIpc) is 3.15. The third-order valence-electron chi connectivity index (χ3n) is 4.49. The van der Waals surface area contributed by atoms with E-state index in [0.29, 0.717) is 0 Å². The van der Waals surface area contributed by atoms with Gasteiger partial charge in [0.25, 0.3) is 0 Å². The Morgan fingerprint density at radius 2 is 1.69 bits per heavy atom. The molecule has 92 valence electrons. The molecule has 0 aromatic carbocycles. The van der Waals surface area contributed by atoms with Crippen LogP contribution in [0.3, 0.4) is 0 Å². The maximum atomic E-state index is 2.44. The smallest absolute Gasteiger partial charge is 0.0319 e. The van der Waals surface area contributed by atoms with Crippen molar-refractivity contribution in [2.75, 3.05) is 0 Å². The number of hydrogen-bond acceptors (Lipinski definition) is 0. The molecule has 0 saturated heterocycles. The van der Waals surface area contributed by atoms with Crippen LogP contribution >= 0.6 is 0 Å². The number of rotatable bonds is 8. The molecular weight excluding hydrogens is 192 g/mol. The summed E-state index contributed by atoms with van der Waals surface area (Å²) in [4.78, 5) is 0. The summed E-state index contributed by atoms with van der Waals surface area (Å²) in [7, 11) is 0. The molecule has 0 bridgehead atoms. The van der Waals surface area contributed by atoms with Gasteiger partial charge in [-0.3, -0.25) is 0 Å². The van der Waals surface area contributed by atoms with Gasteiger partial charge in [-0.2, -0.15) is 0 Å². The SMILES string of the molecule is CCCC=CCC1CC1C1CC1CCCC. The standard InChI is InChI=1S/C16H28/c1-3-5-7-8-10-14-12-16(14)15-11-13(15)9-6-4-2/h7-8,13-16H,3-6,9-12H2,1-2H3. The Balaban J connectivity index is 1.55. The second-order valence-electron chi connectivity index (χ2n) is 5.96. The number of unbranched alkanes of at least 4 members (excludes halogenated alkanes) is 2. The largest absolute Gasteiger partial charge is 0.0885 e. The van der Waals surface area contributed by atoms with Crippen molar-refractivity contribution >= 4 is 0 Å². The van der Waals surface area contributed by atoms with Gasteiger partial charge in [-0.25, -0.2) is 0 Å². The van der Waals surface area contributed by atoms with Crippen molar-refractivity contribution in [2.24, 2.45) is 23.7 Å². The van der Waals surface area contributed by atoms with Gasteiger partial charge in [0, 0.05) is 0 Å². The van der Waals surface area contributed by atoms with E-state index >= 15 is 0 Å². The molecular formula is C16H28. The molecule has 0 amide bonds. The van der Waals surface area contributed by atoms with E-state index in [1.54, 1.807) is 12.8 Å². The van der Waals surface area contributed by atoms with Crippen LogP contribution in [-0.4, -0.2) is 0 Å². The summed E-state index contributed by atoms with van der Waals surface area (Å²) in [6, 6.07) is 0. The Hall–Kier alpha value is -0.260. The second-order valence-corrected chi connectivity index (χ2v) is 5.96. The van der Waals surface area contributed by atoms with E-state index in [0.717, 1.165) is 23.7 Å². The predicted molar refractivity (Wildman–Crippen MR) is 71.4 cm³/mol. The highest BCUT2D eigenvalue weighted by Crippen LogP contribution is 2.60. The fourth-order valence-corrected chi connectivity index (χ4v) is 3.22. The Bertz CT molecular complexity index is 228. The molecule has 0 aromatic rings. The summed E-state index contributed by atoms with van der Waals surface area (Å²) in [6.07, 6.45) is 16.3. The van der Waals surface area contributed by atoms with Crippen LogP contribution in [0.25, 0.3) is 0 Å². The Labute approximate surface area is 102 Å². The minimum absolute atomic E-state index is 1.07. The van der Waals surface area contributed by atoms with Crippen LogP contribution in [0.5, 0.6) is 0 Å². The van der Waals surface area contributed by atoms with Gasteiger partial charge in [0.1, 0.15) is 0 Å². The van der Waals surface area contributed by atoms with Crippen LogP contribution in [0.15, 0.2) is 12.2 Å². The van der Waals surface area contributed by atoms with Crippen molar-refractivity contribution < 1.29 is 0 Å². The third-order valence-corrected chi connectivity index (χ3v) is 4.49. The summed E-state index contributed by atoms with van der Waals surface area (Å²) in [6.45, 7) is 4.57. The van der Waals surface area contributed by atoms with Crippen LogP contribution in [0, 0.1) is 23.7 Å². The molecule has 0 N–H and O–H groups in total. The minimum atomic E-state index is 1.07. The molecule has 4 atom stereocenters. The van der Waals surface area contributed by atoms with Crippen LogP contribution in [0.2, 0.25) is 0 Å². The molecule has 0 heteroatoms. The molecule has 0 aromatic heterocycles. The molecule has 0 aliphatic heterocycles. The molecule has 2 fully saturated rings. The summed E-state index contributed by atoms with van der Waals surface area (Å²) >= 11 is 0. The van der Waals surface area contributed by atoms with Crippen LogP contribution in [0.1, 0.15) is 65.2 Å². The van der Waals surface area contributed by atoms with Gasteiger partial charge in [-0.15, -0.1) is 0 Å². The maximum Gasteiger partial charge on any atom is -0.0319 e. The van der Waals surface area contributed by atoms with Gasteiger partial charge in [-0.1, -0.05) is 51.7 Å². The summed E-state index contributed by atoms with van der Waals surface area (Å²) in [5.41, 5.74) is 0. The Morgan fingerprint density at radius 1 is 0.938 bits per heavy atom. The third kappa shape index (κ3) is 3.37. The predicted octanol–water partition coefficient (Wildman–Crippen LogP) is 5.20. The second kappa shape index (κ2) is 5.89. The quantitative estimate of drug-likeness (QED) is 0.493. The summed E-state index contributed by atoms with van der Waals surface area (Å²) in [5, 5.41) is 0. The molecule has 0 spiro atoms. The van der Waals surface area contributed by atoms with Gasteiger partial charge in [0.15, 0.2) is 0 Å². The van der Waals surface area contributed by atoms with Crippen LogP contribution in [0.4, 0.5) is 0 Å². The molecule has 2 saturated carbocycles. The highest BCUT2D eigenvalue weighted by molar-refractivity contribution is 5.04. The molecule has 2 aliphatic carbocycles. The monoisotopic (exact) mass is 220 g/mol. The van der Waals surface area contributed by atoms with Gasteiger partial charge in [0.05, 0.1) is 0 Å². The van der Waals surface area contributed by atoms with E-state index in [9.17, 15) is 0 Å². The van der Waals surface area contributed by atoms with Crippen molar-refractivity contribution in [1.29, 1.82) is 0 Å². The first-order valence-electron chi connectivity index (χ1n) is 7.51. The lowest BCUT2D eigenvalue weighted by Crippen LogP contribution is -1.88. The first-order valence-corrected chi connectivity index (χ1v) is 7.51. The zero-order valence-corrected chi connectivity index (χ0v) is 11.1. The summed E-state index contributed by atoms with van der Waals surface area (Å²) in [5.74, 6) is 4.49. The first kappa shape index (κ1) is 12.2. The molecule has 2 aliphatic rings. The van der Waals surface area contributed by atoms with Gasteiger partial charge >= 0.3 is 0 Å². The lowest BCUT2D eigenvalue weighted by Gasteiger charge is -1.97. The highest BCUT2D eigenvalue weighted by atomic mass is 14.6. The fraction of sp³-hybridized carbons (Fsp3) is 0.875. The Kier molecular flexibility index (Phi) is 4.49. The lowest BCUT2D eigenvalue weighted by molar-refractivity contribution is 0.540. The van der Waals surface area contributed by atoms with Crippen molar-refractivity contribution in [3.05, 3.63) is 12.2 Å². The highest BCUT2D eigenvalue weighted by Gasteiger charge is 2.51. The molecule has 0 heterocycles. The van der Waals surface area contributed by atoms with Crippen molar-refractivity contribution in [2.45, 2.75) is 65.2 Å². The van der Waals surface area contributed by atoms with E-state index < -0.39 is 0 Å². The van der Waals surface area contributed by atoms with Gasteiger partial charge in [0.2, 0.25) is 0 Å². The number of hydrogen-bond donors (Lipinski definition) is 0. The minimum Gasteiger partial charge on any atom is -0.0885 e. The molecule has 4 unspecified atom stereocenters. The van der Waals surface area contributed by atoms with Crippen molar-refractivity contribution in [3.63, 3.8) is 0 Å².